The van der Waals surface area contributed by atoms with Gasteiger partial charge in [0.2, 0.25) is 0 Å². The molecule has 1 spiro atoms. The third-order valence-corrected chi connectivity index (χ3v) is 2.55. The highest BCUT2D eigenvalue weighted by Gasteiger charge is 2.49. The quantitative estimate of drug-likeness (QED) is 0.558. The maximum absolute atomic E-state index is 8.68. The molecule has 1 aliphatic heterocycles. The number of hydrogen-bond donors (Lipinski definition) is 1. The van der Waals surface area contributed by atoms with E-state index in [0.29, 0.717) is 12.5 Å². The molecule has 0 bridgehead atoms. The molecule has 1 heterocycles. The van der Waals surface area contributed by atoms with Gasteiger partial charge in [-0.1, -0.05) is 0 Å². The topological polar surface area (TPSA) is 29.5 Å². The molecule has 2 fully saturated rings. The summed E-state index contributed by atoms with van der Waals surface area (Å²) in [6, 6.07) is 0. The van der Waals surface area contributed by atoms with E-state index in [4.69, 9.17) is 9.84 Å². The van der Waals surface area contributed by atoms with Gasteiger partial charge in [-0.15, -0.1) is 0 Å². The minimum atomic E-state index is 0.257. The van der Waals surface area contributed by atoms with Crippen molar-refractivity contribution in [3.05, 3.63) is 0 Å². The van der Waals surface area contributed by atoms with Crippen LogP contribution < -0.4 is 0 Å². The van der Waals surface area contributed by atoms with Crippen molar-refractivity contribution in [1.82, 2.24) is 0 Å². The van der Waals surface area contributed by atoms with Gasteiger partial charge >= 0.3 is 0 Å². The van der Waals surface area contributed by atoms with E-state index in [2.05, 4.69) is 0 Å². The van der Waals surface area contributed by atoms with E-state index in [-0.39, 0.29) is 5.60 Å². The van der Waals surface area contributed by atoms with Gasteiger partial charge in [-0.25, -0.2) is 0 Å². The summed E-state index contributed by atoms with van der Waals surface area (Å²) in [5, 5.41) is 8.68. The van der Waals surface area contributed by atoms with Crippen LogP contribution in [0.25, 0.3) is 0 Å². The average molecular weight is 128 g/mol. The normalized spacial score (nSPS) is 48.3. The van der Waals surface area contributed by atoms with Gasteiger partial charge in [0.15, 0.2) is 0 Å². The molecule has 0 aromatic carbocycles. The van der Waals surface area contributed by atoms with Crippen molar-refractivity contribution in [2.45, 2.75) is 24.9 Å². The van der Waals surface area contributed by atoms with E-state index >= 15 is 0 Å². The van der Waals surface area contributed by atoms with Crippen LogP contribution in [-0.4, -0.2) is 23.9 Å². The highest BCUT2D eigenvalue weighted by atomic mass is 16.5. The van der Waals surface area contributed by atoms with Crippen molar-refractivity contribution < 1.29 is 9.84 Å². The first-order valence-electron chi connectivity index (χ1n) is 3.59. The Bertz CT molecular complexity index is 110. The molecule has 1 saturated heterocycles. The summed E-state index contributed by atoms with van der Waals surface area (Å²) < 4.78 is 5.38. The van der Waals surface area contributed by atoms with E-state index < -0.39 is 0 Å². The van der Waals surface area contributed by atoms with Crippen molar-refractivity contribution in [3.8, 4) is 0 Å². The third kappa shape index (κ3) is 0.700. The van der Waals surface area contributed by atoms with Crippen molar-refractivity contribution in [1.29, 1.82) is 0 Å². The predicted octanol–water partition coefficient (Wildman–Crippen LogP) is 0.548. The SMILES string of the molecule is OCC1CC2(CCO2)C1. The summed E-state index contributed by atoms with van der Waals surface area (Å²) in [6.07, 6.45) is 3.43. The first-order valence-corrected chi connectivity index (χ1v) is 3.59. The van der Waals surface area contributed by atoms with Gasteiger partial charge in [0.1, 0.15) is 0 Å². The lowest BCUT2D eigenvalue weighted by Gasteiger charge is -2.53. The first-order chi connectivity index (χ1) is 4.35. The van der Waals surface area contributed by atoms with E-state index in [1.165, 1.54) is 6.42 Å². The molecule has 0 aromatic heterocycles. The van der Waals surface area contributed by atoms with Crippen LogP contribution in [0.4, 0.5) is 0 Å². The van der Waals surface area contributed by atoms with Gasteiger partial charge in [-0.05, 0) is 25.2 Å². The fraction of sp³-hybridized carbons (Fsp3) is 1.00. The van der Waals surface area contributed by atoms with Crippen molar-refractivity contribution >= 4 is 0 Å². The van der Waals surface area contributed by atoms with Crippen LogP contribution >= 0.6 is 0 Å². The van der Waals surface area contributed by atoms with Gasteiger partial charge in [0.25, 0.3) is 0 Å². The highest BCUT2D eigenvalue weighted by Crippen LogP contribution is 2.48. The van der Waals surface area contributed by atoms with Crippen LogP contribution in [0.2, 0.25) is 0 Å². The summed E-state index contributed by atoms with van der Waals surface area (Å²) in [7, 11) is 0. The number of aliphatic hydroxyl groups is 1. The van der Waals surface area contributed by atoms with Gasteiger partial charge in [-0.3, -0.25) is 0 Å². The monoisotopic (exact) mass is 128 g/mol. The zero-order valence-corrected chi connectivity index (χ0v) is 5.47. The minimum Gasteiger partial charge on any atom is -0.396 e. The summed E-state index contributed by atoms with van der Waals surface area (Å²) in [5.41, 5.74) is 0.257. The molecule has 2 heteroatoms. The Balaban J connectivity index is 1.82. The standard InChI is InChI=1S/C7H12O2/c8-5-6-3-7(4-6)1-2-9-7/h6,8H,1-5H2. The molecule has 0 aromatic rings. The molecule has 2 nitrogen and oxygen atoms in total. The van der Waals surface area contributed by atoms with Gasteiger partial charge in [-0.2, -0.15) is 0 Å². The van der Waals surface area contributed by atoms with Crippen LogP contribution in [0, 0.1) is 5.92 Å². The van der Waals surface area contributed by atoms with E-state index in [9.17, 15) is 0 Å². The Morgan fingerprint density at radius 2 is 2.22 bits per heavy atom. The molecule has 9 heavy (non-hydrogen) atoms. The molecule has 0 atom stereocenters. The van der Waals surface area contributed by atoms with Crippen LogP contribution in [0.3, 0.4) is 0 Å². The smallest absolute Gasteiger partial charge is 0.0711 e. The fourth-order valence-corrected chi connectivity index (χ4v) is 1.83. The Labute approximate surface area is 54.8 Å². The summed E-state index contributed by atoms with van der Waals surface area (Å²) in [5.74, 6) is 0.547. The summed E-state index contributed by atoms with van der Waals surface area (Å²) in [6.45, 7) is 1.29. The Hall–Kier alpha value is -0.0800. The molecular formula is C7H12O2. The van der Waals surface area contributed by atoms with E-state index in [0.717, 1.165) is 19.4 Å². The molecule has 0 unspecified atom stereocenters. The van der Waals surface area contributed by atoms with Crippen molar-refractivity contribution in [2.75, 3.05) is 13.2 Å². The summed E-state index contributed by atoms with van der Waals surface area (Å²) >= 11 is 0. The van der Waals surface area contributed by atoms with Crippen molar-refractivity contribution in [2.24, 2.45) is 5.92 Å². The molecule has 0 amide bonds. The molecule has 52 valence electrons. The first kappa shape index (κ1) is 5.69. The second kappa shape index (κ2) is 1.70. The number of hydrogen-bond acceptors (Lipinski definition) is 2. The Morgan fingerprint density at radius 3 is 2.56 bits per heavy atom. The molecular weight excluding hydrogens is 116 g/mol. The van der Waals surface area contributed by atoms with Crippen LogP contribution in [0.1, 0.15) is 19.3 Å². The largest absolute Gasteiger partial charge is 0.396 e. The minimum absolute atomic E-state index is 0.257. The number of ether oxygens (including phenoxy) is 1. The molecule has 2 aliphatic rings. The van der Waals surface area contributed by atoms with Gasteiger partial charge in [0, 0.05) is 6.61 Å². The lowest BCUT2D eigenvalue weighted by Crippen LogP contribution is -2.54. The second-order valence-corrected chi connectivity index (χ2v) is 3.24. The number of aliphatic hydroxyl groups excluding tert-OH is 1. The van der Waals surface area contributed by atoms with Crippen LogP contribution in [0.15, 0.2) is 0 Å². The van der Waals surface area contributed by atoms with Gasteiger partial charge in [0.05, 0.1) is 12.2 Å². The fourth-order valence-electron chi connectivity index (χ4n) is 1.83. The molecule has 1 aliphatic carbocycles. The lowest BCUT2D eigenvalue weighted by molar-refractivity contribution is -0.217. The zero-order chi connectivity index (χ0) is 6.32. The van der Waals surface area contributed by atoms with E-state index in [1.54, 1.807) is 0 Å². The lowest BCUT2D eigenvalue weighted by atomic mass is 9.67. The maximum atomic E-state index is 8.68. The maximum Gasteiger partial charge on any atom is 0.0711 e. The number of rotatable bonds is 1. The van der Waals surface area contributed by atoms with Gasteiger partial charge < -0.3 is 9.84 Å². The Kier molecular flexibility index (Phi) is 1.08. The second-order valence-electron chi connectivity index (χ2n) is 3.24. The molecule has 1 N–H and O–H groups in total. The van der Waals surface area contributed by atoms with E-state index in [1.807, 2.05) is 0 Å². The summed E-state index contributed by atoms with van der Waals surface area (Å²) in [4.78, 5) is 0. The highest BCUT2D eigenvalue weighted by molar-refractivity contribution is 4.99. The molecule has 0 radical (unpaired) electrons. The Morgan fingerprint density at radius 1 is 1.56 bits per heavy atom. The molecule has 2 rings (SSSR count). The average Bonchev–Trinajstić information content (AvgIpc) is 1.59. The van der Waals surface area contributed by atoms with Crippen LogP contribution in [-0.2, 0) is 4.74 Å². The van der Waals surface area contributed by atoms with Crippen molar-refractivity contribution in [3.63, 3.8) is 0 Å². The molecule has 1 saturated carbocycles. The van der Waals surface area contributed by atoms with Crippen LogP contribution in [0.5, 0.6) is 0 Å². The zero-order valence-electron chi connectivity index (χ0n) is 5.47. The third-order valence-electron chi connectivity index (χ3n) is 2.55. The predicted molar refractivity (Wildman–Crippen MR) is 33.1 cm³/mol.